The molecule has 1 unspecified atom stereocenters. The minimum absolute atomic E-state index is 0.817. The topological polar surface area (TPSA) is 15.3 Å². The van der Waals surface area contributed by atoms with Gasteiger partial charge in [-0.15, -0.1) is 0 Å². The summed E-state index contributed by atoms with van der Waals surface area (Å²) in [7, 11) is 0. The first-order valence-corrected chi connectivity index (χ1v) is 7.47. The number of rotatable bonds is 3. The van der Waals surface area contributed by atoms with Crippen LogP contribution in [0.2, 0.25) is 0 Å². The van der Waals surface area contributed by atoms with E-state index in [1.54, 1.807) is 11.1 Å². The Morgan fingerprint density at radius 3 is 3.17 bits per heavy atom. The highest BCUT2D eigenvalue weighted by Crippen LogP contribution is 2.29. The maximum absolute atomic E-state index is 3.53. The number of hydrogen-bond donors (Lipinski definition) is 1. The van der Waals surface area contributed by atoms with Crippen molar-refractivity contribution in [3.63, 3.8) is 0 Å². The molecule has 2 nitrogen and oxygen atoms in total. The largest absolute Gasteiger partial charge is 0.385 e. The molecule has 1 N–H and O–H groups in total. The molecule has 98 valence electrons. The van der Waals surface area contributed by atoms with Crippen molar-refractivity contribution in [2.45, 2.75) is 51.6 Å². The second kappa shape index (κ2) is 5.31. The minimum Gasteiger partial charge on any atom is -0.385 e. The molecule has 2 aliphatic rings. The normalized spacial score (nSPS) is 23.7. The van der Waals surface area contributed by atoms with Gasteiger partial charge in [0.15, 0.2) is 0 Å². The van der Waals surface area contributed by atoms with Crippen LogP contribution in [0.15, 0.2) is 18.2 Å². The average Bonchev–Trinajstić information content (AvgIpc) is 2.86. The molecular weight excluding hydrogens is 220 g/mol. The smallest absolute Gasteiger partial charge is 0.0375 e. The first-order chi connectivity index (χ1) is 8.88. The molecule has 1 fully saturated rings. The van der Waals surface area contributed by atoms with Crippen molar-refractivity contribution in [2.75, 3.05) is 18.4 Å². The molecular formula is C16H24N2. The van der Waals surface area contributed by atoms with Gasteiger partial charge in [-0.05, 0) is 55.8 Å². The molecule has 1 atom stereocenters. The number of hydrogen-bond acceptors (Lipinski definition) is 2. The summed E-state index contributed by atoms with van der Waals surface area (Å²) in [6.07, 6.45) is 6.60. The summed E-state index contributed by atoms with van der Waals surface area (Å²) in [6.45, 7) is 5.90. The van der Waals surface area contributed by atoms with Crippen molar-refractivity contribution in [1.29, 1.82) is 0 Å². The van der Waals surface area contributed by atoms with E-state index in [1.807, 2.05) is 0 Å². The summed E-state index contributed by atoms with van der Waals surface area (Å²) in [6, 6.07) is 7.59. The number of nitrogens with zero attached hydrogens (tertiary/aromatic N) is 1. The molecule has 0 aliphatic carbocycles. The minimum atomic E-state index is 0.817. The van der Waals surface area contributed by atoms with E-state index in [0.29, 0.717) is 0 Å². The SMILES string of the molecule is CCC1CCCN1Cc1cccc2c1CCCN2. The van der Waals surface area contributed by atoms with Gasteiger partial charge in [0.2, 0.25) is 0 Å². The third-order valence-electron chi connectivity index (χ3n) is 4.54. The van der Waals surface area contributed by atoms with Gasteiger partial charge in [0, 0.05) is 24.8 Å². The van der Waals surface area contributed by atoms with E-state index in [-0.39, 0.29) is 0 Å². The number of nitrogens with one attached hydrogen (secondary N) is 1. The fourth-order valence-electron chi connectivity index (χ4n) is 3.52. The van der Waals surface area contributed by atoms with Crippen LogP contribution in [0, 0.1) is 0 Å². The van der Waals surface area contributed by atoms with Crippen molar-refractivity contribution in [2.24, 2.45) is 0 Å². The first kappa shape index (κ1) is 12.0. The molecule has 0 bridgehead atoms. The Morgan fingerprint density at radius 2 is 2.28 bits per heavy atom. The van der Waals surface area contributed by atoms with Gasteiger partial charge in [0.25, 0.3) is 0 Å². The van der Waals surface area contributed by atoms with Gasteiger partial charge < -0.3 is 5.32 Å². The standard InChI is InChI=1S/C16H24N2/c1-2-14-7-5-11-18(14)12-13-6-3-9-16-15(13)8-4-10-17-16/h3,6,9,14,17H,2,4-5,7-8,10-12H2,1H3. The number of benzene rings is 1. The Hall–Kier alpha value is -1.02. The molecule has 0 radical (unpaired) electrons. The Balaban J connectivity index is 1.80. The van der Waals surface area contributed by atoms with Crippen LogP contribution in [0.5, 0.6) is 0 Å². The molecule has 1 saturated heterocycles. The second-order valence-electron chi connectivity index (χ2n) is 5.65. The Labute approximate surface area is 110 Å². The zero-order chi connectivity index (χ0) is 12.4. The maximum atomic E-state index is 3.53. The van der Waals surface area contributed by atoms with Crippen molar-refractivity contribution < 1.29 is 0 Å². The van der Waals surface area contributed by atoms with Crippen LogP contribution in [-0.2, 0) is 13.0 Å². The van der Waals surface area contributed by atoms with E-state index in [0.717, 1.165) is 19.1 Å². The predicted molar refractivity (Wildman–Crippen MR) is 77.0 cm³/mol. The lowest BCUT2D eigenvalue weighted by atomic mass is 9.97. The maximum Gasteiger partial charge on any atom is 0.0375 e. The lowest BCUT2D eigenvalue weighted by molar-refractivity contribution is 0.239. The third kappa shape index (κ3) is 2.26. The summed E-state index contributed by atoms with van der Waals surface area (Å²) in [5, 5.41) is 3.53. The van der Waals surface area contributed by atoms with Gasteiger partial charge in [-0.1, -0.05) is 19.1 Å². The van der Waals surface area contributed by atoms with Crippen molar-refractivity contribution in [3.05, 3.63) is 29.3 Å². The predicted octanol–water partition coefficient (Wildman–Crippen LogP) is 3.42. The number of likely N-dealkylation sites (tertiary alicyclic amines) is 1. The van der Waals surface area contributed by atoms with E-state index in [4.69, 9.17) is 0 Å². The number of fused-ring (bicyclic) bond motifs is 1. The van der Waals surface area contributed by atoms with E-state index >= 15 is 0 Å². The fraction of sp³-hybridized carbons (Fsp3) is 0.625. The van der Waals surface area contributed by atoms with Crippen molar-refractivity contribution in [1.82, 2.24) is 4.90 Å². The summed E-state index contributed by atoms with van der Waals surface area (Å²) < 4.78 is 0. The second-order valence-corrected chi connectivity index (χ2v) is 5.65. The lowest BCUT2D eigenvalue weighted by Gasteiger charge is -2.27. The van der Waals surface area contributed by atoms with E-state index in [2.05, 4.69) is 35.3 Å². The molecule has 0 aromatic heterocycles. The molecule has 0 spiro atoms. The molecule has 1 aromatic rings. The fourth-order valence-corrected chi connectivity index (χ4v) is 3.52. The number of anilines is 1. The Bertz CT molecular complexity index is 414. The molecule has 3 rings (SSSR count). The van der Waals surface area contributed by atoms with Crippen LogP contribution in [0.25, 0.3) is 0 Å². The zero-order valence-electron chi connectivity index (χ0n) is 11.4. The molecule has 0 saturated carbocycles. The van der Waals surface area contributed by atoms with Crippen molar-refractivity contribution >= 4 is 5.69 Å². The monoisotopic (exact) mass is 244 g/mol. The van der Waals surface area contributed by atoms with E-state index < -0.39 is 0 Å². The zero-order valence-corrected chi connectivity index (χ0v) is 11.4. The van der Waals surface area contributed by atoms with Gasteiger partial charge in [-0.3, -0.25) is 4.90 Å². The highest BCUT2D eigenvalue weighted by Gasteiger charge is 2.24. The van der Waals surface area contributed by atoms with Gasteiger partial charge in [0.1, 0.15) is 0 Å². The molecule has 2 aliphatic heterocycles. The Kier molecular flexibility index (Phi) is 3.55. The summed E-state index contributed by atoms with van der Waals surface area (Å²) in [4.78, 5) is 2.68. The summed E-state index contributed by atoms with van der Waals surface area (Å²) in [5.74, 6) is 0. The summed E-state index contributed by atoms with van der Waals surface area (Å²) in [5.41, 5.74) is 4.51. The highest BCUT2D eigenvalue weighted by atomic mass is 15.2. The van der Waals surface area contributed by atoms with E-state index in [9.17, 15) is 0 Å². The van der Waals surface area contributed by atoms with Crippen molar-refractivity contribution in [3.8, 4) is 0 Å². The van der Waals surface area contributed by atoms with Crippen LogP contribution < -0.4 is 5.32 Å². The van der Waals surface area contributed by atoms with Crippen LogP contribution in [0.4, 0.5) is 5.69 Å². The summed E-state index contributed by atoms with van der Waals surface area (Å²) >= 11 is 0. The van der Waals surface area contributed by atoms with Gasteiger partial charge in [-0.25, -0.2) is 0 Å². The van der Waals surface area contributed by atoms with Gasteiger partial charge in [-0.2, -0.15) is 0 Å². The molecule has 2 heterocycles. The lowest BCUT2D eigenvalue weighted by Crippen LogP contribution is -2.29. The average molecular weight is 244 g/mol. The third-order valence-corrected chi connectivity index (χ3v) is 4.54. The first-order valence-electron chi connectivity index (χ1n) is 7.47. The molecule has 2 heteroatoms. The quantitative estimate of drug-likeness (QED) is 0.876. The molecule has 1 aromatic carbocycles. The van der Waals surface area contributed by atoms with Crippen LogP contribution in [-0.4, -0.2) is 24.0 Å². The Morgan fingerprint density at radius 1 is 1.33 bits per heavy atom. The molecule has 18 heavy (non-hydrogen) atoms. The van der Waals surface area contributed by atoms with Crippen LogP contribution in [0.1, 0.15) is 43.7 Å². The van der Waals surface area contributed by atoms with Crippen LogP contribution >= 0.6 is 0 Å². The van der Waals surface area contributed by atoms with Gasteiger partial charge >= 0.3 is 0 Å². The highest BCUT2D eigenvalue weighted by molar-refractivity contribution is 5.56. The van der Waals surface area contributed by atoms with E-state index in [1.165, 1.54) is 44.3 Å². The van der Waals surface area contributed by atoms with Crippen LogP contribution in [0.3, 0.4) is 0 Å². The molecule has 0 amide bonds. The van der Waals surface area contributed by atoms with Gasteiger partial charge in [0.05, 0.1) is 0 Å².